The first-order chi connectivity index (χ1) is 24.8. The second-order valence-corrected chi connectivity index (χ2v) is 13.0. The van der Waals surface area contributed by atoms with Crippen molar-refractivity contribution in [2.45, 2.75) is 12.5 Å². The number of rotatable bonds is 5. The molecule has 0 saturated heterocycles. The minimum Gasteiger partial charge on any atom is -0.309 e. The van der Waals surface area contributed by atoms with E-state index in [9.17, 15) is 0 Å². The zero-order valence-corrected chi connectivity index (χ0v) is 27.3. The van der Waals surface area contributed by atoms with Crippen molar-refractivity contribution in [3.05, 3.63) is 182 Å². The molecular formula is C46H32N4. The van der Waals surface area contributed by atoms with Gasteiger partial charge >= 0.3 is 0 Å². The van der Waals surface area contributed by atoms with E-state index in [0.29, 0.717) is 0 Å². The van der Waals surface area contributed by atoms with Crippen LogP contribution in [0.15, 0.2) is 176 Å². The molecular weight excluding hydrogens is 609 g/mol. The molecule has 5 aromatic carbocycles. The van der Waals surface area contributed by atoms with Crippen molar-refractivity contribution in [1.29, 1.82) is 0 Å². The van der Waals surface area contributed by atoms with Crippen molar-refractivity contribution in [1.82, 2.24) is 14.5 Å². The zero-order valence-electron chi connectivity index (χ0n) is 27.3. The molecule has 10 rings (SSSR count). The van der Waals surface area contributed by atoms with Crippen LogP contribution in [0.3, 0.4) is 0 Å². The summed E-state index contributed by atoms with van der Waals surface area (Å²) in [6.45, 7) is 0. The van der Waals surface area contributed by atoms with Crippen LogP contribution < -0.4 is 4.90 Å². The molecule has 1 aliphatic carbocycles. The lowest BCUT2D eigenvalue weighted by Gasteiger charge is -2.27. The van der Waals surface area contributed by atoms with Crippen LogP contribution in [0, 0.1) is 0 Å². The molecule has 0 amide bonds. The third kappa shape index (κ3) is 4.61. The van der Waals surface area contributed by atoms with E-state index in [1.807, 2.05) is 12.3 Å². The van der Waals surface area contributed by atoms with Crippen molar-refractivity contribution in [3.63, 3.8) is 0 Å². The van der Waals surface area contributed by atoms with Gasteiger partial charge < -0.3 is 9.47 Å². The van der Waals surface area contributed by atoms with Gasteiger partial charge in [-0.2, -0.15) is 0 Å². The summed E-state index contributed by atoms with van der Waals surface area (Å²) >= 11 is 0. The molecule has 1 unspecified atom stereocenters. The van der Waals surface area contributed by atoms with E-state index >= 15 is 0 Å². The minimum atomic E-state index is 0.117. The van der Waals surface area contributed by atoms with Gasteiger partial charge in [0.25, 0.3) is 0 Å². The van der Waals surface area contributed by atoms with Crippen molar-refractivity contribution in [2.24, 2.45) is 0 Å². The fourth-order valence-electron chi connectivity index (χ4n) is 7.77. The first-order valence-electron chi connectivity index (χ1n) is 17.2. The molecule has 0 N–H and O–H groups in total. The van der Waals surface area contributed by atoms with Gasteiger partial charge in [-0.1, -0.05) is 121 Å². The topological polar surface area (TPSA) is 34.0 Å². The molecule has 0 fully saturated rings. The number of anilines is 2. The van der Waals surface area contributed by atoms with Gasteiger partial charge in [0.2, 0.25) is 0 Å². The van der Waals surface area contributed by atoms with Crippen molar-refractivity contribution in [2.75, 3.05) is 4.90 Å². The number of para-hydroxylation sites is 2. The number of hydrogen-bond acceptors (Lipinski definition) is 3. The molecule has 0 spiro atoms. The summed E-state index contributed by atoms with van der Waals surface area (Å²) in [5.41, 5.74) is 12.6. The standard InChI is InChI=1S/C46H32N4/c1-4-14-31(15-5-1)34-28-41(32-16-6-2-7-17-32)48-45(29-34)50-43-23-13-11-21-38(43)40-27-35(30-47-46(40)50)33-24-25-44-39(26-33)37-20-10-12-22-42(37)49(44)36-18-8-3-9-19-36/h1-22,24-30,43H,23H2. The van der Waals surface area contributed by atoms with Crippen molar-refractivity contribution >= 4 is 39.0 Å². The normalized spacial score (nSPS) is 14.9. The van der Waals surface area contributed by atoms with Gasteiger partial charge in [0.1, 0.15) is 11.6 Å². The molecule has 4 nitrogen and oxygen atoms in total. The number of aromatic nitrogens is 3. The number of nitrogens with zero attached hydrogens (tertiary/aromatic N) is 4. The molecule has 0 radical (unpaired) electrons. The highest BCUT2D eigenvalue weighted by Gasteiger charge is 2.37. The van der Waals surface area contributed by atoms with E-state index < -0.39 is 0 Å². The third-order valence-electron chi connectivity index (χ3n) is 10.1. The molecule has 4 heterocycles. The average Bonchev–Trinajstić information content (AvgIpc) is 3.71. The molecule has 4 heteroatoms. The van der Waals surface area contributed by atoms with Crippen molar-refractivity contribution < 1.29 is 0 Å². The molecule has 1 aliphatic heterocycles. The quantitative estimate of drug-likeness (QED) is 0.188. The van der Waals surface area contributed by atoms with Gasteiger partial charge in [0, 0.05) is 39.3 Å². The summed E-state index contributed by atoms with van der Waals surface area (Å²) < 4.78 is 2.36. The highest BCUT2D eigenvalue weighted by Crippen LogP contribution is 2.48. The molecule has 50 heavy (non-hydrogen) atoms. The van der Waals surface area contributed by atoms with Crippen LogP contribution in [0.5, 0.6) is 0 Å². The van der Waals surface area contributed by atoms with E-state index in [4.69, 9.17) is 9.97 Å². The monoisotopic (exact) mass is 640 g/mol. The Kier molecular flexibility index (Phi) is 6.59. The maximum atomic E-state index is 5.30. The van der Waals surface area contributed by atoms with E-state index in [1.54, 1.807) is 0 Å². The maximum absolute atomic E-state index is 5.30. The van der Waals surface area contributed by atoms with Gasteiger partial charge in [0.05, 0.1) is 22.8 Å². The van der Waals surface area contributed by atoms with Crippen LogP contribution >= 0.6 is 0 Å². The van der Waals surface area contributed by atoms with Crippen LogP contribution in [0.1, 0.15) is 12.0 Å². The molecule has 8 aromatic rings. The van der Waals surface area contributed by atoms with Crippen molar-refractivity contribution in [3.8, 4) is 39.2 Å². The van der Waals surface area contributed by atoms with E-state index in [0.717, 1.165) is 57.3 Å². The Morgan fingerprint density at radius 1 is 0.560 bits per heavy atom. The lowest BCUT2D eigenvalue weighted by molar-refractivity contribution is 0.810. The minimum absolute atomic E-state index is 0.117. The second-order valence-electron chi connectivity index (χ2n) is 13.0. The van der Waals surface area contributed by atoms with Gasteiger partial charge in [-0.3, -0.25) is 0 Å². The Morgan fingerprint density at radius 2 is 1.28 bits per heavy atom. The predicted octanol–water partition coefficient (Wildman–Crippen LogP) is 11.4. The van der Waals surface area contributed by atoms with E-state index in [-0.39, 0.29) is 6.04 Å². The molecule has 3 aromatic heterocycles. The smallest absolute Gasteiger partial charge is 0.142 e. The number of hydrogen-bond donors (Lipinski definition) is 0. The highest BCUT2D eigenvalue weighted by atomic mass is 15.3. The Bertz CT molecular complexity index is 2560. The van der Waals surface area contributed by atoms with Crippen LogP contribution in [0.2, 0.25) is 0 Å². The Morgan fingerprint density at radius 3 is 2.10 bits per heavy atom. The summed E-state index contributed by atoms with van der Waals surface area (Å²) in [6.07, 6.45) is 9.62. The molecule has 0 saturated carbocycles. The predicted molar refractivity (Wildman–Crippen MR) is 207 cm³/mol. The fraction of sp³-hybridized carbons (Fsp3) is 0.0435. The van der Waals surface area contributed by atoms with Gasteiger partial charge in [0.15, 0.2) is 0 Å². The van der Waals surface area contributed by atoms with Gasteiger partial charge in [-0.15, -0.1) is 0 Å². The highest BCUT2D eigenvalue weighted by molar-refractivity contribution is 6.10. The lowest BCUT2D eigenvalue weighted by atomic mass is 9.94. The summed E-state index contributed by atoms with van der Waals surface area (Å²) in [5, 5.41) is 2.48. The number of fused-ring (bicyclic) bond motifs is 6. The van der Waals surface area contributed by atoms with Gasteiger partial charge in [-0.25, -0.2) is 9.97 Å². The van der Waals surface area contributed by atoms with E-state index in [2.05, 4.69) is 173 Å². The average molecular weight is 641 g/mol. The SMILES string of the molecule is C1=CCC2C(=C1)c1cc(-c3ccc4c(c3)c3ccccc3n4-c3ccccc3)cnc1N2c1cc(-c2ccccc2)cc(-c2ccccc2)n1. The lowest BCUT2D eigenvalue weighted by Crippen LogP contribution is -2.28. The zero-order chi connectivity index (χ0) is 33.0. The van der Waals surface area contributed by atoms with Gasteiger partial charge in [-0.05, 0) is 77.2 Å². The Labute approximate surface area is 290 Å². The Balaban J connectivity index is 1.12. The number of allylic oxidation sites excluding steroid dienone is 2. The molecule has 2 aliphatic rings. The summed E-state index contributed by atoms with van der Waals surface area (Å²) in [5.74, 6) is 1.86. The molecule has 236 valence electrons. The number of benzene rings is 5. The fourth-order valence-corrected chi connectivity index (χ4v) is 7.77. The summed E-state index contributed by atoms with van der Waals surface area (Å²) in [7, 11) is 0. The second kappa shape index (κ2) is 11.6. The first kappa shape index (κ1) is 28.5. The molecule has 1 atom stereocenters. The molecule has 0 bridgehead atoms. The summed E-state index contributed by atoms with van der Waals surface area (Å²) in [6, 6.07) is 54.0. The van der Waals surface area contributed by atoms with Crippen LogP contribution in [0.25, 0.3) is 66.6 Å². The summed E-state index contributed by atoms with van der Waals surface area (Å²) in [4.78, 5) is 12.9. The van der Waals surface area contributed by atoms with Crippen LogP contribution in [0.4, 0.5) is 11.6 Å². The Hall–Kier alpha value is -6.52. The first-order valence-corrected chi connectivity index (χ1v) is 17.2. The maximum Gasteiger partial charge on any atom is 0.142 e. The third-order valence-corrected chi connectivity index (χ3v) is 10.1. The number of pyridine rings is 2. The van der Waals surface area contributed by atoms with Crippen LogP contribution in [-0.2, 0) is 0 Å². The van der Waals surface area contributed by atoms with E-state index in [1.165, 1.54) is 32.9 Å². The van der Waals surface area contributed by atoms with Crippen LogP contribution in [-0.4, -0.2) is 20.6 Å². The largest absolute Gasteiger partial charge is 0.309 e.